The Bertz CT molecular complexity index is 64.8. The van der Waals surface area contributed by atoms with Crippen LogP contribution in [0, 0.1) is 0 Å². The summed E-state index contributed by atoms with van der Waals surface area (Å²) >= 11 is 0. The first kappa shape index (κ1) is 12.1. The third kappa shape index (κ3) is 15.7. The van der Waals surface area contributed by atoms with Crippen LogP contribution in [-0.4, -0.2) is 34.5 Å². The predicted molar refractivity (Wildman–Crippen MR) is 36.7 cm³/mol. The molecule has 0 aromatic carbocycles. The molecule has 0 aliphatic rings. The Kier molecular flexibility index (Phi) is 13.6. The van der Waals surface area contributed by atoms with E-state index >= 15 is 0 Å². The van der Waals surface area contributed by atoms with Crippen molar-refractivity contribution < 1.29 is 20.1 Å². The second-order valence-electron chi connectivity index (χ2n) is 1.73. The van der Waals surface area contributed by atoms with Crippen LogP contribution in [-0.2, 0) is 4.79 Å². The fourth-order valence-electron chi connectivity index (χ4n) is 0.425. The molecule has 0 heterocycles. The molecule has 0 saturated heterocycles. The van der Waals surface area contributed by atoms with Gasteiger partial charge in [0.25, 0.3) is 6.47 Å². The van der Waals surface area contributed by atoms with E-state index < -0.39 is 6.10 Å². The standard InChI is InChI=1S/C5H12O2.CH2O2/c1-2-3-5(7)4-6;2-1-3/h5-7H,2-4H2,1H3;1H,(H,2,3). The first-order chi connectivity index (χ1) is 4.72. The minimum Gasteiger partial charge on any atom is -0.483 e. The highest BCUT2D eigenvalue weighted by Crippen LogP contribution is 1.92. The number of carboxylic acid groups (broad SMARTS) is 1. The number of aliphatic hydroxyl groups is 2. The predicted octanol–water partition coefficient (Wildman–Crippen LogP) is -0.160. The van der Waals surface area contributed by atoms with Gasteiger partial charge in [-0.15, -0.1) is 0 Å². The molecule has 0 spiro atoms. The summed E-state index contributed by atoms with van der Waals surface area (Å²) in [5.41, 5.74) is 0. The van der Waals surface area contributed by atoms with Gasteiger partial charge in [0.15, 0.2) is 0 Å². The molecule has 10 heavy (non-hydrogen) atoms. The van der Waals surface area contributed by atoms with Gasteiger partial charge in [-0.3, -0.25) is 4.79 Å². The zero-order valence-electron chi connectivity index (χ0n) is 6.03. The number of carbonyl (C=O) groups is 1. The Balaban J connectivity index is 0. The van der Waals surface area contributed by atoms with Gasteiger partial charge in [-0.05, 0) is 6.42 Å². The van der Waals surface area contributed by atoms with Crippen molar-refractivity contribution in [2.75, 3.05) is 6.61 Å². The van der Waals surface area contributed by atoms with Crippen LogP contribution in [0.4, 0.5) is 0 Å². The summed E-state index contributed by atoms with van der Waals surface area (Å²) in [5.74, 6) is 0. The molecule has 1 unspecified atom stereocenters. The van der Waals surface area contributed by atoms with Crippen molar-refractivity contribution in [1.82, 2.24) is 0 Å². The van der Waals surface area contributed by atoms with Gasteiger partial charge in [-0.2, -0.15) is 0 Å². The smallest absolute Gasteiger partial charge is 0.290 e. The molecule has 0 aliphatic heterocycles. The third-order valence-electron chi connectivity index (χ3n) is 0.833. The summed E-state index contributed by atoms with van der Waals surface area (Å²) in [6.45, 7) is 1.62. The Morgan fingerprint density at radius 3 is 2.10 bits per heavy atom. The molecule has 0 saturated carbocycles. The van der Waals surface area contributed by atoms with E-state index in [1.165, 1.54) is 0 Å². The highest BCUT2D eigenvalue weighted by atomic mass is 16.3. The highest BCUT2D eigenvalue weighted by molar-refractivity contribution is 5.32. The van der Waals surface area contributed by atoms with E-state index in [0.717, 1.165) is 6.42 Å². The Morgan fingerprint density at radius 2 is 2.00 bits per heavy atom. The molecule has 62 valence electrons. The molecule has 0 aromatic rings. The number of rotatable bonds is 3. The second kappa shape index (κ2) is 11.2. The summed E-state index contributed by atoms with van der Waals surface area (Å²) < 4.78 is 0. The van der Waals surface area contributed by atoms with Crippen molar-refractivity contribution in [3.05, 3.63) is 0 Å². The quantitative estimate of drug-likeness (QED) is 0.488. The first-order valence-electron chi connectivity index (χ1n) is 3.09. The topological polar surface area (TPSA) is 77.8 Å². The van der Waals surface area contributed by atoms with Crippen molar-refractivity contribution in [2.45, 2.75) is 25.9 Å². The van der Waals surface area contributed by atoms with E-state index in [2.05, 4.69) is 0 Å². The third-order valence-corrected chi connectivity index (χ3v) is 0.833. The van der Waals surface area contributed by atoms with Crippen LogP contribution in [0.2, 0.25) is 0 Å². The molecular formula is C6H14O4. The number of hydrogen-bond acceptors (Lipinski definition) is 3. The summed E-state index contributed by atoms with van der Waals surface area (Å²) in [6, 6.07) is 0. The lowest BCUT2D eigenvalue weighted by Crippen LogP contribution is -2.10. The van der Waals surface area contributed by atoms with Crippen LogP contribution >= 0.6 is 0 Å². The summed E-state index contributed by atoms with van der Waals surface area (Å²) in [5, 5.41) is 23.7. The SMILES string of the molecule is CCCC(O)CO.O=CO. The maximum atomic E-state index is 8.61. The molecule has 4 nitrogen and oxygen atoms in total. The summed E-state index contributed by atoms with van der Waals surface area (Å²) in [4.78, 5) is 8.36. The fraction of sp³-hybridized carbons (Fsp3) is 0.833. The van der Waals surface area contributed by atoms with Crippen molar-refractivity contribution in [1.29, 1.82) is 0 Å². The van der Waals surface area contributed by atoms with Crippen LogP contribution in [0.1, 0.15) is 19.8 Å². The molecule has 0 bridgehead atoms. The molecule has 0 fully saturated rings. The lowest BCUT2D eigenvalue weighted by atomic mass is 10.2. The van der Waals surface area contributed by atoms with E-state index in [0.29, 0.717) is 6.42 Å². The van der Waals surface area contributed by atoms with Gasteiger partial charge in [0, 0.05) is 0 Å². The minimum atomic E-state index is -0.495. The van der Waals surface area contributed by atoms with Crippen LogP contribution in [0.15, 0.2) is 0 Å². The van der Waals surface area contributed by atoms with Gasteiger partial charge in [0.2, 0.25) is 0 Å². The van der Waals surface area contributed by atoms with Crippen LogP contribution in [0.3, 0.4) is 0 Å². The van der Waals surface area contributed by atoms with Gasteiger partial charge >= 0.3 is 0 Å². The average Bonchev–Trinajstić information content (AvgIpc) is 1.90. The summed E-state index contributed by atoms with van der Waals surface area (Å²) in [6.07, 6.45) is 1.14. The molecule has 0 amide bonds. The monoisotopic (exact) mass is 150 g/mol. The fourth-order valence-corrected chi connectivity index (χ4v) is 0.425. The second-order valence-corrected chi connectivity index (χ2v) is 1.73. The molecule has 4 heteroatoms. The van der Waals surface area contributed by atoms with Gasteiger partial charge in [-0.25, -0.2) is 0 Å². The van der Waals surface area contributed by atoms with Crippen LogP contribution in [0.5, 0.6) is 0 Å². The summed E-state index contributed by atoms with van der Waals surface area (Å²) in [7, 11) is 0. The highest BCUT2D eigenvalue weighted by Gasteiger charge is 1.95. The van der Waals surface area contributed by atoms with Crippen molar-refractivity contribution in [2.24, 2.45) is 0 Å². The average molecular weight is 150 g/mol. The maximum Gasteiger partial charge on any atom is 0.290 e. The lowest BCUT2D eigenvalue weighted by molar-refractivity contribution is -0.122. The Morgan fingerprint density at radius 1 is 1.60 bits per heavy atom. The van der Waals surface area contributed by atoms with E-state index in [9.17, 15) is 0 Å². The van der Waals surface area contributed by atoms with Crippen LogP contribution in [0.25, 0.3) is 0 Å². The molecule has 0 rings (SSSR count). The van der Waals surface area contributed by atoms with E-state index in [4.69, 9.17) is 20.1 Å². The molecule has 0 aliphatic carbocycles. The molecule has 3 N–H and O–H groups in total. The van der Waals surface area contributed by atoms with Crippen LogP contribution < -0.4 is 0 Å². The van der Waals surface area contributed by atoms with Gasteiger partial charge in [0.05, 0.1) is 12.7 Å². The maximum absolute atomic E-state index is 8.61. The van der Waals surface area contributed by atoms with Crippen molar-refractivity contribution >= 4 is 6.47 Å². The van der Waals surface area contributed by atoms with E-state index in [1.807, 2.05) is 6.92 Å². The largest absolute Gasteiger partial charge is 0.483 e. The molecular weight excluding hydrogens is 136 g/mol. The molecule has 0 radical (unpaired) electrons. The molecule has 1 atom stereocenters. The number of hydrogen-bond donors (Lipinski definition) is 3. The van der Waals surface area contributed by atoms with E-state index in [1.54, 1.807) is 0 Å². The number of aliphatic hydroxyl groups excluding tert-OH is 2. The van der Waals surface area contributed by atoms with E-state index in [-0.39, 0.29) is 13.1 Å². The lowest BCUT2D eigenvalue weighted by Gasteiger charge is -2.01. The Hall–Kier alpha value is -0.610. The van der Waals surface area contributed by atoms with Crippen molar-refractivity contribution in [3.63, 3.8) is 0 Å². The first-order valence-corrected chi connectivity index (χ1v) is 3.09. The Labute approximate surface area is 60.1 Å². The van der Waals surface area contributed by atoms with Gasteiger partial charge < -0.3 is 15.3 Å². The van der Waals surface area contributed by atoms with Gasteiger partial charge in [0.1, 0.15) is 0 Å². The molecule has 0 aromatic heterocycles. The zero-order valence-corrected chi connectivity index (χ0v) is 6.03. The zero-order chi connectivity index (χ0) is 8.41. The van der Waals surface area contributed by atoms with Crippen molar-refractivity contribution in [3.8, 4) is 0 Å². The normalized spacial score (nSPS) is 11.1. The van der Waals surface area contributed by atoms with Gasteiger partial charge in [-0.1, -0.05) is 13.3 Å². The minimum absolute atomic E-state index is 0.103.